The fourth-order valence-corrected chi connectivity index (χ4v) is 6.26. The summed E-state index contributed by atoms with van der Waals surface area (Å²) >= 11 is 0. The van der Waals surface area contributed by atoms with Gasteiger partial charge < -0.3 is 9.62 Å². The normalized spacial score (nSPS) is 15.1. The van der Waals surface area contributed by atoms with Gasteiger partial charge in [0.15, 0.2) is 0 Å². The van der Waals surface area contributed by atoms with E-state index in [1.807, 2.05) is 49.2 Å². The van der Waals surface area contributed by atoms with Crippen LogP contribution < -0.4 is 4.72 Å². The molecule has 1 atom stereocenters. The molecule has 4 aromatic rings. The van der Waals surface area contributed by atoms with Gasteiger partial charge in [-0.2, -0.15) is 0 Å². The van der Waals surface area contributed by atoms with Crippen LogP contribution in [0, 0.1) is 18.6 Å². The minimum Gasteiger partial charge on any atom is -0.336 e. The molecule has 0 aliphatic carbocycles. The van der Waals surface area contributed by atoms with Crippen molar-refractivity contribution in [2.45, 2.75) is 25.3 Å². The zero-order valence-electron chi connectivity index (χ0n) is 21.5. The number of aromatic nitrogens is 1. The number of hydrogen-bond donors (Lipinski definition) is 1. The van der Waals surface area contributed by atoms with Crippen LogP contribution in [0.3, 0.4) is 0 Å². The third-order valence-electron chi connectivity index (χ3n) is 6.83. The molecule has 3 aromatic carbocycles. The lowest BCUT2D eigenvalue weighted by atomic mass is 10.1. The fraction of sp³-hybridized carbons (Fsp3) is 0.233. The monoisotopic (exact) mass is 532 g/mol. The minimum atomic E-state index is -0.576. The summed E-state index contributed by atoms with van der Waals surface area (Å²) in [5.41, 5.74) is 4.07. The molecule has 1 fully saturated rings. The molecule has 1 aromatic heterocycles. The van der Waals surface area contributed by atoms with E-state index in [9.17, 15) is 13.6 Å². The summed E-state index contributed by atoms with van der Waals surface area (Å²) in [6, 6.07) is 19.7. The van der Waals surface area contributed by atoms with Crippen LogP contribution in [0.25, 0.3) is 10.9 Å². The number of nitrogens with one attached hydrogen (secondary N) is 1. The van der Waals surface area contributed by atoms with Gasteiger partial charge in [-0.05, 0) is 61.2 Å². The van der Waals surface area contributed by atoms with Gasteiger partial charge in [-0.15, -0.1) is 0 Å². The maximum atomic E-state index is 14.0. The SMILES string of the molecule is C/C=S(/Nc1ccc(C(=O)N2CCN(Cc3ccc(F)cc3F)CC2)cc1C)c1cccc2cccnc12. The molecule has 8 heteroatoms. The molecule has 0 saturated carbocycles. The van der Waals surface area contributed by atoms with Crippen LogP contribution in [-0.4, -0.2) is 52.2 Å². The Morgan fingerprint density at radius 2 is 1.82 bits per heavy atom. The van der Waals surface area contributed by atoms with Gasteiger partial charge in [-0.25, -0.2) is 8.78 Å². The molecule has 5 nitrogen and oxygen atoms in total. The van der Waals surface area contributed by atoms with E-state index in [1.165, 1.54) is 12.1 Å². The number of nitrogens with zero attached hydrogens (tertiary/aromatic N) is 3. The van der Waals surface area contributed by atoms with Crippen molar-refractivity contribution in [1.82, 2.24) is 14.8 Å². The average molecular weight is 533 g/mol. The number of carbonyl (C=O) groups excluding carboxylic acids is 1. The zero-order chi connectivity index (χ0) is 26.6. The molecule has 1 unspecified atom stereocenters. The molecule has 0 radical (unpaired) electrons. The highest BCUT2D eigenvalue weighted by Crippen LogP contribution is 2.34. The molecular formula is C30H30F2N4OS. The predicted octanol–water partition coefficient (Wildman–Crippen LogP) is 6.26. The highest BCUT2D eigenvalue weighted by atomic mass is 32.2. The lowest BCUT2D eigenvalue weighted by Gasteiger charge is -2.35. The Morgan fingerprint density at radius 3 is 2.55 bits per heavy atom. The van der Waals surface area contributed by atoms with E-state index in [4.69, 9.17) is 0 Å². The molecule has 1 aliphatic heterocycles. The maximum Gasteiger partial charge on any atom is 0.253 e. The fourth-order valence-electron chi connectivity index (χ4n) is 4.71. The number of piperazine rings is 1. The van der Waals surface area contributed by atoms with Crippen LogP contribution in [0.4, 0.5) is 14.5 Å². The molecular weight excluding hydrogens is 502 g/mol. The Morgan fingerprint density at radius 1 is 1.03 bits per heavy atom. The smallest absolute Gasteiger partial charge is 0.253 e. The van der Waals surface area contributed by atoms with Crippen LogP contribution in [0.2, 0.25) is 0 Å². The number of aryl methyl sites for hydroxylation is 1. The number of anilines is 1. The van der Waals surface area contributed by atoms with E-state index in [-0.39, 0.29) is 16.6 Å². The molecule has 0 bridgehead atoms. The van der Waals surface area contributed by atoms with E-state index in [0.717, 1.165) is 33.1 Å². The average Bonchev–Trinajstić information content (AvgIpc) is 2.94. The van der Waals surface area contributed by atoms with E-state index < -0.39 is 11.6 Å². The Labute approximate surface area is 224 Å². The first-order valence-electron chi connectivity index (χ1n) is 12.6. The zero-order valence-corrected chi connectivity index (χ0v) is 22.3. The highest BCUT2D eigenvalue weighted by molar-refractivity contribution is 8.16. The van der Waals surface area contributed by atoms with Crippen LogP contribution in [0.1, 0.15) is 28.4 Å². The Kier molecular flexibility index (Phi) is 7.81. The first-order chi connectivity index (χ1) is 18.4. The number of rotatable bonds is 6. The van der Waals surface area contributed by atoms with Gasteiger partial charge in [0.1, 0.15) is 11.6 Å². The van der Waals surface area contributed by atoms with Gasteiger partial charge in [0.2, 0.25) is 0 Å². The lowest BCUT2D eigenvalue weighted by molar-refractivity contribution is 0.0627. The molecule has 2 heterocycles. The van der Waals surface area contributed by atoms with Crippen LogP contribution in [0.5, 0.6) is 0 Å². The summed E-state index contributed by atoms with van der Waals surface area (Å²) in [5, 5.41) is 3.24. The molecule has 196 valence electrons. The van der Waals surface area contributed by atoms with Crippen LogP contribution in [0.15, 0.2) is 77.8 Å². The van der Waals surface area contributed by atoms with Gasteiger partial charge in [0.05, 0.1) is 5.52 Å². The summed E-state index contributed by atoms with van der Waals surface area (Å²) in [6.45, 7) is 6.83. The van der Waals surface area contributed by atoms with Gasteiger partial charge in [-0.3, -0.25) is 14.7 Å². The van der Waals surface area contributed by atoms with Crippen molar-refractivity contribution in [2.75, 3.05) is 30.9 Å². The summed E-state index contributed by atoms with van der Waals surface area (Å²) in [7, 11) is -0.362. The number of fused-ring (bicyclic) bond motifs is 1. The van der Waals surface area contributed by atoms with Crippen LogP contribution >= 0.6 is 10.7 Å². The van der Waals surface area contributed by atoms with E-state index in [1.54, 1.807) is 0 Å². The first kappa shape index (κ1) is 26.0. The summed E-state index contributed by atoms with van der Waals surface area (Å²) in [5.74, 6) is -1.12. The topological polar surface area (TPSA) is 48.5 Å². The highest BCUT2D eigenvalue weighted by Gasteiger charge is 2.23. The molecule has 1 amide bonds. The predicted molar refractivity (Wildman–Crippen MR) is 152 cm³/mol. The Hall–Kier alpha value is -3.62. The number of pyridine rings is 1. The van der Waals surface area contributed by atoms with Crippen molar-refractivity contribution in [2.24, 2.45) is 0 Å². The molecule has 0 spiro atoms. The number of para-hydroxylation sites is 1. The van der Waals surface area contributed by atoms with Crippen molar-refractivity contribution in [3.8, 4) is 0 Å². The largest absolute Gasteiger partial charge is 0.336 e. The van der Waals surface area contributed by atoms with Gasteiger partial charge in [0, 0.05) is 72.1 Å². The Balaban J connectivity index is 1.24. The van der Waals surface area contributed by atoms with E-state index in [2.05, 4.69) is 44.2 Å². The van der Waals surface area contributed by atoms with Gasteiger partial charge >= 0.3 is 0 Å². The number of carbonyl (C=O) groups is 1. The number of halogens is 2. The van der Waals surface area contributed by atoms with Crippen molar-refractivity contribution < 1.29 is 13.6 Å². The van der Waals surface area contributed by atoms with Crippen molar-refractivity contribution in [3.05, 3.63) is 101 Å². The summed E-state index contributed by atoms with van der Waals surface area (Å²) in [6.07, 6.45) is 1.82. The molecule has 1 aliphatic rings. The van der Waals surface area contributed by atoms with Crippen molar-refractivity contribution in [1.29, 1.82) is 0 Å². The number of amides is 1. The second-order valence-electron chi connectivity index (χ2n) is 9.34. The second kappa shape index (κ2) is 11.4. The summed E-state index contributed by atoms with van der Waals surface area (Å²) in [4.78, 5) is 22.9. The van der Waals surface area contributed by atoms with Gasteiger partial charge in [-0.1, -0.05) is 34.9 Å². The molecule has 38 heavy (non-hydrogen) atoms. The molecule has 1 saturated heterocycles. The molecule has 1 N–H and O–H groups in total. The minimum absolute atomic E-state index is 0.00781. The first-order valence-corrected chi connectivity index (χ1v) is 13.9. The molecule has 5 rings (SSSR count). The van der Waals surface area contributed by atoms with E-state index in [0.29, 0.717) is 43.9 Å². The quantitative estimate of drug-likeness (QED) is 0.298. The summed E-state index contributed by atoms with van der Waals surface area (Å²) < 4.78 is 30.9. The number of hydrogen-bond acceptors (Lipinski definition) is 4. The Bertz CT molecular complexity index is 1510. The second-order valence-corrected chi connectivity index (χ2v) is 11.1. The maximum absolute atomic E-state index is 14.0. The van der Waals surface area contributed by atoms with Gasteiger partial charge in [0.25, 0.3) is 5.91 Å². The van der Waals surface area contributed by atoms with Crippen LogP contribution in [-0.2, 0) is 6.54 Å². The van der Waals surface area contributed by atoms with Crippen molar-refractivity contribution >= 4 is 38.5 Å². The standard InChI is InChI=1S/C30H30F2N4OS/c1-3-38(28-8-4-6-22-7-5-13-33-29(22)28)34-27-12-10-23(18-21(27)2)30(37)36-16-14-35(15-17-36)20-24-9-11-25(31)19-26(24)32/h3-13,18-19,34H,14-17,20H2,1-2H3. The van der Waals surface area contributed by atoms with Crippen molar-refractivity contribution in [3.63, 3.8) is 0 Å². The number of benzene rings is 3. The third kappa shape index (κ3) is 5.61. The third-order valence-corrected chi connectivity index (χ3v) is 8.54. The lowest BCUT2D eigenvalue weighted by Crippen LogP contribution is -2.48. The van der Waals surface area contributed by atoms with E-state index >= 15 is 0 Å².